The van der Waals surface area contributed by atoms with Gasteiger partial charge in [0.25, 0.3) is 0 Å². The minimum absolute atomic E-state index is 0.136. The summed E-state index contributed by atoms with van der Waals surface area (Å²) in [5, 5.41) is 8.94. The van der Waals surface area contributed by atoms with Crippen LogP contribution in [0.25, 0.3) is 0 Å². The van der Waals surface area contributed by atoms with Crippen molar-refractivity contribution in [1.29, 1.82) is 0 Å². The van der Waals surface area contributed by atoms with Crippen LogP contribution in [0.5, 0.6) is 0 Å². The molecule has 3 aliphatic rings. The highest BCUT2D eigenvalue weighted by Gasteiger charge is 2.32. The van der Waals surface area contributed by atoms with Crippen LogP contribution in [-0.4, -0.2) is 41.8 Å². The number of piperidine rings is 1. The molecular formula is C13H16N2O2. The Bertz CT molecular complexity index is 417. The van der Waals surface area contributed by atoms with Gasteiger partial charge in [0.2, 0.25) is 0 Å². The molecule has 1 N–H and O–H groups in total. The van der Waals surface area contributed by atoms with Gasteiger partial charge in [-0.1, -0.05) is 0 Å². The van der Waals surface area contributed by atoms with Crippen LogP contribution in [-0.2, 0) is 4.79 Å². The molecular weight excluding hydrogens is 216 g/mol. The average Bonchev–Trinajstić information content (AvgIpc) is 2.37. The highest BCUT2D eigenvalue weighted by Crippen LogP contribution is 2.37. The van der Waals surface area contributed by atoms with E-state index in [4.69, 9.17) is 5.11 Å². The first-order valence-corrected chi connectivity index (χ1v) is 6.15. The van der Waals surface area contributed by atoms with Crippen molar-refractivity contribution in [2.75, 3.05) is 19.6 Å². The van der Waals surface area contributed by atoms with Gasteiger partial charge in [-0.25, -0.2) is 0 Å². The normalized spacial score (nSPS) is 28.4. The molecule has 0 aromatic heterocycles. The maximum absolute atomic E-state index is 10.9. The number of aliphatic imine (C=N–C) groups is 1. The number of hydrogen-bond acceptors (Lipinski definition) is 3. The van der Waals surface area contributed by atoms with Gasteiger partial charge in [0, 0.05) is 24.4 Å². The smallest absolute Gasteiger partial charge is 0.306 e. The predicted molar refractivity (Wildman–Crippen MR) is 64.9 cm³/mol. The minimum Gasteiger partial charge on any atom is -0.481 e. The Labute approximate surface area is 100 Å². The fourth-order valence-corrected chi connectivity index (χ4v) is 2.77. The van der Waals surface area contributed by atoms with Crippen LogP contribution in [0.3, 0.4) is 0 Å². The summed E-state index contributed by atoms with van der Waals surface area (Å²) in [6.07, 6.45) is 7.63. The van der Waals surface area contributed by atoms with E-state index >= 15 is 0 Å². The number of carboxylic acids is 1. The van der Waals surface area contributed by atoms with Gasteiger partial charge in [-0.3, -0.25) is 9.79 Å². The third-order valence-electron chi connectivity index (χ3n) is 3.94. The summed E-state index contributed by atoms with van der Waals surface area (Å²) in [6, 6.07) is 0. The van der Waals surface area contributed by atoms with Crippen molar-refractivity contribution in [2.45, 2.75) is 12.8 Å². The maximum atomic E-state index is 10.9. The van der Waals surface area contributed by atoms with Crippen molar-refractivity contribution in [2.24, 2.45) is 16.8 Å². The number of fused-ring (bicyclic) bond motifs is 2. The molecule has 1 unspecified atom stereocenters. The van der Waals surface area contributed by atoms with Crippen LogP contribution in [0.15, 0.2) is 28.4 Å². The topological polar surface area (TPSA) is 52.9 Å². The van der Waals surface area contributed by atoms with Crippen LogP contribution in [0, 0.1) is 11.8 Å². The summed E-state index contributed by atoms with van der Waals surface area (Å²) < 4.78 is 0. The molecule has 1 saturated heterocycles. The number of nitrogens with zero attached hydrogens (tertiary/aromatic N) is 2. The summed E-state index contributed by atoms with van der Waals surface area (Å²) in [5.41, 5.74) is 2.55. The molecule has 0 aromatic carbocycles. The summed E-state index contributed by atoms with van der Waals surface area (Å²) in [4.78, 5) is 17.5. The molecule has 4 nitrogen and oxygen atoms in total. The Balaban J connectivity index is 1.53. The van der Waals surface area contributed by atoms with E-state index in [1.54, 1.807) is 0 Å². The van der Waals surface area contributed by atoms with Crippen molar-refractivity contribution in [3.8, 4) is 0 Å². The zero-order valence-electron chi connectivity index (χ0n) is 9.67. The Morgan fingerprint density at radius 1 is 1.47 bits per heavy atom. The maximum Gasteiger partial charge on any atom is 0.306 e. The molecule has 17 heavy (non-hydrogen) atoms. The SMILES string of the molecule is O=C(O)C1CCN(CC2c3ccnc2c3)CC1. The van der Waals surface area contributed by atoms with Crippen molar-refractivity contribution in [1.82, 2.24) is 4.90 Å². The lowest BCUT2D eigenvalue weighted by Gasteiger charge is -2.37. The summed E-state index contributed by atoms with van der Waals surface area (Å²) in [7, 11) is 0. The molecule has 1 atom stereocenters. The van der Waals surface area contributed by atoms with Crippen LogP contribution >= 0.6 is 0 Å². The second kappa shape index (κ2) is 4.11. The first kappa shape index (κ1) is 10.7. The van der Waals surface area contributed by atoms with Gasteiger partial charge in [-0.05, 0) is 43.7 Å². The lowest BCUT2D eigenvalue weighted by atomic mass is 9.82. The summed E-state index contributed by atoms with van der Waals surface area (Å²) in [6.45, 7) is 2.80. The van der Waals surface area contributed by atoms with Crippen molar-refractivity contribution in [3.63, 3.8) is 0 Å². The van der Waals surface area contributed by atoms with E-state index in [0.29, 0.717) is 5.92 Å². The molecule has 3 rings (SSSR count). The molecule has 0 spiro atoms. The number of carboxylic acid groups (broad SMARTS) is 1. The molecule has 2 bridgehead atoms. The van der Waals surface area contributed by atoms with E-state index in [-0.39, 0.29) is 5.92 Å². The van der Waals surface area contributed by atoms with Gasteiger partial charge >= 0.3 is 5.97 Å². The highest BCUT2D eigenvalue weighted by molar-refractivity contribution is 5.79. The van der Waals surface area contributed by atoms with E-state index in [9.17, 15) is 4.79 Å². The van der Waals surface area contributed by atoms with Gasteiger partial charge in [0.05, 0.1) is 5.92 Å². The number of aliphatic carboxylic acids is 1. The quantitative estimate of drug-likeness (QED) is 0.798. The van der Waals surface area contributed by atoms with Crippen molar-refractivity contribution in [3.05, 3.63) is 23.4 Å². The number of rotatable bonds is 3. The molecule has 0 saturated carbocycles. The van der Waals surface area contributed by atoms with Crippen LogP contribution < -0.4 is 0 Å². The second-order valence-electron chi connectivity index (χ2n) is 4.98. The van der Waals surface area contributed by atoms with Crippen LogP contribution in [0.1, 0.15) is 12.8 Å². The van der Waals surface area contributed by atoms with Gasteiger partial charge in [-0.15, -0.1) is 0 Å². The van der Waals surface area contributed by atoms with Crippen LogP contribution in [0.2, 0.25) is 0 Å². The van der Waals surface area contributed by atoms with E-state index in [2.05, 4.69) is 22.0 Å². The first-order chi connectivity index (χ1) is 8.24. The lowest BCUT2D eigenvalue weighted by molar-refractivity contribution is -0.143. The molecule has 1 fully saturated rings. The third kappa shape index (κ3) is 1.93. The average molecular weight is 232 g/mol. The monoisotopic (exact) mass is 232 g/mol. The standard InChI is InChI=1S/C13H16N2O2/c16-13(17)9-2-5-15(6-3-9)8-11-10-1-4-14-12(11)7-10/h1,4,7,9,11H,2-3,5-6,8H2,(H,16,17). The van der Waals surface area contributed by atoms with E-state index in [1.807, 2.05) is 6.21 Å². The van der Waals surface area contributed by atoms with Crippen molar-refractivity contribution >= 4 is 12.2 Å². The fourth-order valence-electron chi connectivity index (χ4n) is 2.77. The number of dihydropyridines is 1. The third-order valence-corrected chi connectivity index (χ3v) is 3.94. The highest BCUT2D eigenvalue weighted by atomic mass is 16.4. The minimum atomic E-state index is -0.639. The van der Waals surface area contributed by atoms with Gasteiger partial charge < -0.3 is 10.0 Å². The Morgan fingerprint density at radius 2 is 2.24 bits per heavy atom. The number of carbonyl (C=O) groups is 1. The lowest BCUT2D eigenvalue weighted by Crippen LogP contribution is -2.41. The Kier molecular flexibility index (Phi) is 2.59. The fraction of sp³-hybridized carbons (Fsp3) is 0.538. The molecule has 2 aliphatic heterocycles. The van der Waals surface area contributed by atoms with E-state index in [0.717, 1.165) is 32.5 Å². The molecule has 0 amide bonds. The molecule has 0 radical (unpaired) electrons. The Morgan fingerprint density at radius 3 is 2.76 bits per heavy atom. The zero-order valence-corrected chi connectivity index (χ0v) is 9.67. The number of allylic oxidation sites excluding steroid dienone is 2. The molecule has 4 heteroatoms. The first-order valence-electron chi connectivity index (χ1n) is 6.15. The van der Waals surface area contributed by atoms with Gasteiger partial charge in [0.1, 0.15) is 0 Å². The number of likely N-dealkylation sites (tertiary alicyclic amines) is 1. The van der Waals surface area contributed by atoms with E-state index < -0.39 is 5.97 Å². The largest absolute Gasteiger partial charge is 0.481 e. The zero-order chi connectivity index (χ0) is 11.8. The van der Waals surface area contributed by atoms with Gasteiger partial charge in [0.15, 0.2) is 0 Å². The number of hydrogen-bond donors (Lipinski definition) is 1. The van der Waals surface area contributed by atoms with Crippen molar-refractivity contribution < 1.29 is 9.90 Å². The predicted octanol–water partition coefficient (Wildman–Crippen LogP) is 1.31. The molecule has 90 valence electrons. The molecule has 2 heterocycles. The van der Waals surface area contributed by atoms with E-state index in [1.165, 1.54) is 11.3 Å². The summed E-state index contributed by atoms with van der Waals surface area (Å²) >= 11 is 0. The summed E-state index contributed by atoms with van der Waals surface area (Å²) in [5.74, 6) is -0.301. The van der Waals surface area contributed by atoms with Gasteiger partial charge in [-0.2, -0.15) is 0 Å². The van der Waals surface area contributed by atoms with Crippen LogP contribution in [0.4, 0.5) is 0 Å². The molecule has 1 aliphatic carbocycles. The Hall–Kier alpha value is -1.42. The molecule has 0 aromatic rings. The second-order valence-corrected chi connectivity index (χ2v) is 4.98.